The average Bonchev–Trinajstić information content (AvgIpc) is 2.81. The normalized spacial score (nSPS) is 21.3. The van der Waals surface area contributed by atoms with E-state index in [-0.39, 0.29) is 24.5 Å². The first-order valence-electron chi connectivity index (χ1n) is 8.61. The Labute approximate surface area is 147 Å². The summed E-state index contributed by atoms with van der Waals surface area (Å²) in [4.78, 5) is 14.0. The van der Waals surface area contributed by atoms with Gasteiger partial charge in [-0.05, 0) is 21.9 Å². The molecular formula is C22H21NO2. The lowest BCUT2D eigenvalue weighted by Crippen LogP contribution is -2.30. The van der Waals surface area contributed by atoms with E-state index in [0.717, 1.165) is 5.56 Å². The Kier molecular flexibility index (Phi) is 4.24. The lowest BCUT2D eigenvalue weighted by atomic mass is 9.87. The highest BCUT2D eigenvalue weighted by Crippen LogP contribution is 2.37. The topological polar surface area (TPSA) is 29.5 Å². The molecule has 3 heteroatoms. The van der Waals surface area contributed by atoms with Gasteiger partial charge in [-0.1, -0.05) is 72.8 Å². The highest BCUT2D eigenvalue weighted by molar-refractivity contribution is 5.83. The number of fused-ring (bicyclic) bond motifs is 1. The number of carbonyl (C=O) groups excluding carboxylic acids is 1. The first kappa shape index (κ1) is 15.9. The van der Waals surface area contributed by atoms with Gasteiger partial charge < -0.3 is 9.64 Å². The van der Waals surface area contributed by atoms with Crippen molar-refractivity contribution in [3.8, 4) is 0 Å². The van der Waals surface area contributed by atoms with E-state index in [1.54, 1.807) is 4.90 Å². The molecule has 0 aliphatic carbocycles. The molecule has 126 valence electrons. The zero-order valence-corrected chi connectivity index (χ0v) is 14.3. The van der Waals surface area contributed by atoms with Crippen LogP contribution >= 0.6 is 0 Å². The van der Waals surface area contributed by atoms with E-state index in [1.165, 1.54) is 16.3 Å². The Bertz CT molecular complexity index is 891. The molecule has 1 aliphatic heterocycles. The molecule has 4 rings (SSSR count). The van der Waals surface area contributed by atoms with E-state index in [4.69, 9.17) is 4.74 Å². The second-order valence-corrected chi connectivity index (χ2v) is 6.63. The number of amides is 1. The fraction of sp³-hybridized carbons (Fsp3) is 0.227. The van der Waals surface area contributed by atoms with Gasteiger partial charge in [0.05, 0.1) is 6.10 Å². The first-order chi connectivity index (χ1) is 12.2. The average molecular weight is 331 g/mol. The zero-order chi connectivity index (χ0) is 17.2. The summed E-state index contributed by atoms with van der Waals surface area (Å²) in [6, 6.07) is 25.1. The number of rotatable bonds is 2. The van der Waals surface area contributed by atoms with Crippen molar-refractivity contribution >= 4 is 16.7 Å². The Morgan fingerprint density at radius 3 is 2.40 bits per heavy atom. The van der Waals surface area contributed by atoms with Crippen molar-refractivity contribution < 1.29 is 9.53 Å². The fourth-order valence-electron chi connectivity index (χ4n) is 3.57. The monoisotopic (exact) mass is 331 g/mol. The van der Waals surface area contributed by atoms with Crippen LogP contribution in [0, 0.1) is 0 Å². The molecule has 0 radical (unpaired) electrons. The molecule has 25 heavy (non-hydrogen) atoms. The van der Waals surface area contributed by atoms with E-state index in [9.17, 15) is 4.79 Å². The third-order valence-corrected chi connectivity index (χ3v) is 4.98. The number of likely N-dealkylation sites (N-methyl/N-ethyl adjacent to an activating group) is 1. The summed E-state index contributed by atoms with van der Waals surface area (Å²) in [5, 5.41) is 2.44. The lowest BCUT2D eigenvalue weighted by Gasteiger charge is -2.27. The molecule has 3 aromatic carbocycles. The molecule has 1 heterocycles. The van der Waals surface area contributed by atoms with E-state index in [0.29, 0.717) is 6.54 Å². The van der Waals surface area contributed by atoms with E-state index < -0.39 is 0 Å². The fourth-order valence-corrected chi connectivity index (χ4v) is 3.57. The minimum Gasteiger partial charge on any atom is -0.363 e. The van der Waals surface area contributed by atoms with Crippen LogP contribution < -0.4 is 0 Å². The number of carbonyl (C=O) groups is 1. The van der Waals surface area contributed by atoms with Crippen LogP contribution in [0.3, 0.4) is 0 Å². The smallest absolute Gasteiger partial charge is 0.248 e. The molecule has 2 atom stereocenters. The van der Waals surface area contributed by atoms with Gasteiger partial charge in [-0.3, -0.25) is 4.79 Å². The minimum absolute atomic E-state index is 0.0317. The van der Waals surface area contributed by atoms with Crippen LogP contribution in [0.5, 0.6) is 0 Å². The largest absolute Gasteiger partial charge is 0.363 e. The summed E-state index contributed by atoms with van der Waals surface area (Å²) in [6.07, 6.45) is -0.128. The quantitative estimate of drug-likeness (QED) is 0.706. The van der Waals surface area contributed by atoms with Crippen LogP contribution in [0.4, 0.5) is 0 Å². The Balaban J connectivity index is 1.79. The van der Waals surface area contributed by atoms with Crippen molar-refractivity contribution in [3.05, 3.63) is 83.9 Å². The molecule has 0 N–H and O–H groups in total. The van der Waals surface area contributed by atoms with Crippen molar-refractivity contribution in [1.29, 1.82) is 0 Å². The third-order valence-electron chi connectivity index (χ3n) is 4.98. The number of hydrogen-bond acceptors (Lipinski definition) is 2. The Morgan fingerprint density at radius 1 is 0.880 bits per heavy atom. The van der Waals surface area contributed by atoms with Gasteiger partial charge in [0.1, 0.15) is 6.61 Å². The predicted octanol–water partition coefficient (Wildman–Crippen LogP) is 4.15. The van der Waals surface area contributed by atoms with Gasteiger partial charge in [0, 0.05) is 19.5 Å². The maximum absolute atomic E-state index is 12.2. The van der Waals surface area contributed by atoms with E-state index in [1.807, 2.05) is 25.2 Å². The van der Waals surface area contributed by atoms with Crippen molar-refractivity contribution in [1.82, 2.24) is 4.90 Å². The molecule has 0 bridgehead atoms. The van der Waals surface area contributed by atoms with E-state index in [2.05, 4.69) is 54.6 Å². The molecule has 0 saturated carbocycles. The Hall–Kier alpha value is -2.65. The molecule has 0 spiro atoms. The van der Waals surface area contributed by atoms with Gasteiger partial charge in [-0.25, -0.2) is 0 Å². The number of benzene rings is 3. The van der Waals surface area contributed by atoms with Crippen LogP contribution in [0.1, 0.15) is 23.1 Å². The maximum Gasteiger partial charge on any atom is 0.248 e. The summed E-state index contributed by atoms with van der Waals surface area (Å²) in [5.74, 6) is 0.132. The predicted molar refractivity (Wildman–Crippen MR) is 99.5 cm³/mol. The van der Waals surface area contributed by atoms with Gasteiger partial charge in [0.15, 0.2) is 0 Å². The van der Waals surface area contributed by atoms with Crippen molar-refractivity contribution in [2.75, 3.05) is 20.2 Å². The van der Waals surface area contributed by atoms with Gasteiger partial charge in [0.2, 0.25) is 5.91 Å². The second-order valence-electron chi connectivity index (χ2n) is 6.63. The van der Waals surface area contributed by atoms with Crippen LogP contribution in [0.2, 0.25) is 0 Å². The molecule has 0 aromatic heterocycles. The summed E-state index contributed by atoms with van der Waals surface area (Å²) in [5.41, 5.74) is 2.32. The van der Waals surface area contributed by atoms with Crippen molar-refractivity contribution in [2.45, 2.75) is 12.0 Å². The third kappa shape index (κ3) is 3.15. The van der Waals surface area contributed by atoms with Gasteiger partial charge in [-0.2, -0.15) is 0 Å². The summed E-state index contributed by atoms with van der Waals surface area (Å²) < 4.78 is 6.06. The minimum atomic E-state index is -0.128. The summed E-state index contributed by atoms with van der Waals surface area (Å²) in [6.45, 7) is 0.775. The SMILES string of the molecule is CN1C[C@H](c2ccc3ccccc3c2)[C@@H](c2ccccc2)OCC1=O. The molecule has 1 aliphatic rings. The zero-order valence-electron chi connectivity index (χ0n) is 14.3. The van der Waals surface area contributed by atoms with Crippen LogP contribution in [0.15, 0.2) is 72.8 Å². The summed E-state index contributed by atoms with van der Waals surface area (Å²) in [7, 11) is 1.85. The molecule has 3 nitrogen and oxygen atoms in total. The Morgan fingerprint density at radius 2 is 1.60 bits per heavy atom. The van der Waals surface area contributed by atoms with Gasteiger partial charge >= 0.3 is 0 Å². The molecule has 1 fully saturated rings. The standard InChI is InChI=1S/C22H21NO2/c1-23-14-20(19-12-11-16-7-5-6-10-18(16)13-19)22(25-15-21(23)24)17-8-3-2-4-9-17/h2-13,20,22H,14-15H2,1H3/t20-,22-/m1/s1. The lowest BCUT2D eigenvalue weighted by molar-refractivity contribution is -0.133. The highest BCUT2D eigenvalue weighted by atomic mass is 16.5. The van der Waals surface area contributed by atoms with Crippen LogP contribution in [-0.4, -0.2) is 31.0 Å². The molecule has 1 amide bonds. The van der Waals surface area contributed by atoms with Crippen molar-refractivity contribution in [2.24, 2.45) is 0 Å². The highest BCUT2D eigenvalue weighted by Gasteiger charge is 2.32. The van der Waals surface area contributed by atoms with Crippen molar-refractivity contribution in [3.63, 3.8) is 0 Å². The van der Waals surface area contributed by atoms with Gasteiger partial charge in [0.25, 0.3) is 0 Å². The number of nitrogens with zero attached hydrogens (tertiary/aromatic N) is 1. The molecule has 0 unspecified atom stereocenters. The maximum atomic E-state index is 12.2. The number of ether oxygens (including phenoxy) is 1. The number of hydrogen-bond donors (Lipinski definition) is 0. The molecule has 1 saturated heterocycles. The van der Waals surface area contributed by atoms with Crippen LogP contribution in [0.25, 0.3) is 10.8 Å². The molecule has 3 aromatic rings. The van der Waals surface area contributed by atoms with Crippen LogP contribution in [-0.2, 0) is 9.53 Å². The van der Waals surface area contributed by atoms with E-state index >= 15 is 0 Å². The molecular weight excluding hydrogens is 310 g/mol. The second kappa shape index (κ2) is 6.69. The first-order valence-corrected chi connectivity index (χ1v) is 8.61. The summed E-state index contributed by atoms with van der Waals surface area (Å²) >= 11 is 0. The van der Waals surface area contributed by atoms with Gasteiger partial charge in [-0.15, -0.1) is 0 Å².